The van der Waals surface area contributed by atoms with Crippen LogP contribution >= 0.6 is 0 Å². The third-order valence-electron chi connectivity index (χ3n) is 1.72. The van der Waals surface area contributed by atoms with E-state index in [0.717, 1.165) is 5.20 Å². The van der Waals surface area contributed by atoms with Gasteiger partial charge in [0.05, 0.1) is 0 Å². The fourth-order valence-corrected chi connectivity index (χ4v) is 2.73. The van der Waals surface area contributed by atoms with Crippen molar-refractivity contribution in [3.63, 3.8) is 0 Å². The van der Waals surface area contributed by atoms with Gasteiger partial charge in [-0.25, -0.2) is 0 Å². The molecule has 0 unspecified atom stereocenters. The lowest BCUT2D eigenvalue weighted by atomic mass is 10.6. The molecule has 4 heteroatoms. The molecule has 0 radical (unpaired) electrons. The largest absolute Gasteiger partial charge is 0.531 e. The summed E-state index contributed by atoms with van der Waals surface area (Å²) < 4.78 is 15.6. The van der Waals surface area contributed by atoms with Gasteiger partial charge in [-0.05, 0) is 19.0 Å². The van der Waals surface area contributed by atoms with Crippen LogP contribution in [0.25, 0.3) is 0 Å². The summed E-state index contributed by atoms with van der Waals surface area (Å²) in [5, 5.41) is 1.03. The number of hydrogen-bond acceptors (Lipinski definition) is 3. The average molecular weight is 176 g/mol. The summed E-state index contributed by atoms with van der Waals surface area (Å²) in [5.41, 5.74) is 0. The third kappa shape index (κ3) is 2.13. The zero-order valence-corrected chi connectivity index (χ0v) is 8.80. The van der Waals surface area contributed by atoms with E-state index < -0.39 is 8.80 Å². The number of hydrogen-bond donors (Lipinski definition) is 0. The second-order valence-electron chi connectivity index (χ2n) is 2.14. The van der Waals surface area contributed by atoms with Gasteiger partial charge >= 0.3 is 8.80 Å². The van der Waals surface area contributed by atoms with Crippen LogP contribution in [0.3, 0.4) is 0 Å². The van der Waals surface area contributed by atoms with Gasteiger partial charge in [-0.1, -0.05) is 6.08 Å². The van der Waals surface area contributed by atoms with Gasteiger partial charge in [0.1, 0.15) is 0 Å². The van der Waals surface area contributed by atoms with E-state index in [9.17, 15) is 0 Å². The van der Waals surface area contributed by atoms with Gasteiger partial charge in [-0.3, -0.25) is 0 Å². The highest BCUT2D eigenvalue weighted by atomic mass is 28.4. The molecule has 0 aliphatic rings. The van der Waals surface area contributed by atoms with E-state index in [1.54, 1.807) is 21.3 Å². The predicted octanol–water partition coefficient (Wildman–Crippen LogP) is 1.37. The molecule has 0 amide bonds. The first kappa shape index (κ1) is 10.8. The molecule has 0 N–H and O–H groups in total. The van der Waals surface area contributed by atoms with E-state index >= 15 is 0 Å². The molecule has 0 bridgehead atoms. The molecule has 0 aromatic heterocycles. The molecule has 0 aliphatic heterocycles. The first-order valence-electron chi connectivity index (χ1n) is 3.45. The van der Waals surface area contributed by atoms with Crippen LogP contribution in [0.15, 0.2) is 11.3 Å². The molecule has 0 saturated heterocycles. The van der Waals surface area contributed by atoms with Crippen LogP contribution in [-0.2, 0) is 13.3 Å². The van der Waals surface area contributed by atoms with Crippen molar-refractivity contribution < 1.29 is 13.3 Å². The Bertz CT molecular complexity index is 132. The molecule has 0 spiro atoms. The lowest BCUT2D eigenvalue weighted by molar-refractivity contribution is 0.134. The Morgan fingerprint density at radius 3 is 1.55 bits per heavy atom. The highest BCUT2D eigenvalue weighted by Gasteiger charge is 2.39. The fourth-order valence-electron chi connectivity index (χ4n) is 0.910. The monoisotopic (exact) mass is 176 g/mol. The molecule has 0 aliphatic carbocycles. The van der Waals surface area contributed by atoms with E-state index in [2.05, 4.69) is 0 Å². The average Bonchev–Trinajstić information content (AvgIpc) is 2.08. The Morgan fingerprint density at radius 1 is 1.09 bits per heavy atom. The van der Waals surface area contributed by atoms with Gasteiger partial charge in [-0.2, -0.15) is 0 Å². The van der Waals surface area contributed by atoms with Crippen LogP contribution in [0.5, 0.6) is 0 Å². The van der Waals surface area contributed by atoms with Crippen molar-refractivity contribution in [2.24, 2.45) is 0 Å². The molecule has 3 nitrogen and oxygen atoms in total. The zero-order chi connectivity index (χ0) is 8.91. The minimum atomic E-state index is -2.46. The highest BCUT2D eigenvalue weighted by Crippen LogP contribution is 2.16. The van der Waals surface area contributed by atoms with Gasteiger partial charge in [0.15, 0.2) is 0 Å². The van der Waals surface area contributed by atoms with Crippen molar-refractivity contribution in [1.29, 1.82) is 0 Å². The molecule has 11 heavy (non-hydrogen) atoms. The minimum absolute atomic E-state index is 1.03. The van der Waals surface area contributed by atoms with E-state index in [1.165, 1.54) is 0 Å². The predicted molar refractivity (Wildman–Crippen MR) is 46.2 cm³/mol. The topological polar surface area (TPSA) is 27.7 Å². The second-order valence-corrected chi connectivity index (χ2v) is 5.27. The van der Waals surface area contributed by atoms with E-state index in [1.807, 2.05) is 19.9 Å². The van der Waals surface area contributed by atoms with Crippen molar-refractivity contribution in [3.05, 3.63) is 11.3 Å². The van der Waals surface area contributed by atoms with Crippen LogP contribution in [-0.4, -0.2) is 30.1 Å². The summed E-state index contributed by atoms with van der Waals surface area (Å²) in [4.78, 5) is 0. The molecule has 0 aromatic carbocycles. The summed E-state index contributed by atoms with van der Waals surface area (Å²) in [5.74, 6) is 0. The summed E-state index contributed by atoms with van der Waals surface area (Å²) in [6.45, 7) is 3.89. The first-order valence-corrected chi connectivity index (χ1v) is 5.18. The van der Waals surface area contributed by atoms with Gasteiger partial charge in [-0.15, -0.1) is 0 Å². The SMILES string of the molecule is CC=C(C)[Si](OC)(OC)OC. The van der Waals surface area contributed by atoms with Crippen molar-refractivity contribution >= 4 is 8.80 Å². The maximum Gasteiger partial charge on any atom is 0.531 e. The molecular formula is C7H16O3Si. The standard InChI is InChI=1S/C7H16O3Si/c1-6-7(2)11(8-3,9-4)10-5/h6H,1-5H3. The van der Waals surface area contributed by atoms with Crippen LogP contribution in [0.2, 0.25) is 0 Å². The Balaban J connectivity index is 4.54. The van der Waals surface area contributed by atoms with Gasteiger partial charge in [0, 0.05) is 21.3 Å². The first-order chi connectivity index (χ1) is 5.16. The van der Waals surface area contributed by atoms with Crippen molar-refractivity contribution in [2.45, 2.75) is 13.8 Å². The van der Waals surface area contributed by atoms with Crippen LogP contribution < -0.4 is 0 Å². The normalized spacial score (nSPS) is 13.7. The van der Waals surface area contributed by atoms with Gasteiger partial charge in [0.25, 0.3) is 0 Å². The zero-order valence-electron chi connectivity index (χ0n) is 7.80. The number of rotatable bonds is 4. The molecule has 0 rings (SSSR count). The van der Waals surface area contributed by atoms with Crippen LogP contribution in [0.4, 0.5) is 0 Å². The van der Waals surface area contributed by atoms with E-state index in [4.69, 9.17) is 13.3 Å². The summed E-state index contributed by atoms with van der Waals surface area (Å²) in [6, 6.07) is 0. The minimum Gasteiger partial charge on any atom is -0.374 e. The van der Waals surface area contributed by atoms with Crippen LogP contribution in [0, 0.1) is 0 Å². The lowest BCUT2D eigenvalue weighted by Crippen LogP contribution is -2.44. The lowest BCUT2D eigenvalue weighted by Gasteiger charge is -2.24. The molecule has 0 saturated carbocycles. The molecular weight excluding hydrogens is 160 g/mol. The Morgan fingerprint density at radius 2 is 1.45 bits per heavy atom. The quantitative estimate of drug-likeness (QED) is 0.605. The molecule has 0 aromatic rings. The summed E-state index contributed by atoms with van der Waals surface area (Å²) >= 11 is 0. The van der Waals surface area contributed by atoms with Gasteiger partial charge in [0.2, 0.25) is 0 Å². The molecule has 0 fully saturated rings. The number of allylic oxidation sites excluding steroid dienone is 2. The smallest absolute Gasteiger partial charge is 0.374 e. The van der Waals surface area contributed by atoms with Gasteiger partial charge < -0.3 is 13.3 Å². The maximum atomic E-state index is 5.22. The highest BCUT2D eigenvalue weighted by molar-refractivity contribution is 6.68. The maximum absolute atomic E-state index is 5.22. The van der Waals surface area contributed by atoms with E-state index in [0.29, 0.717) is 0 Å². The third-order valence-corrected chi connectivity index (χ3v) is 4.59. The Labute approximate surface area is 69.3 Å². The molecule has 0 atom stereocenters. The summed E-state index contributed by atoms with van der Waals surface area (Å²) in [7, 11) is 2.35. The second kappa shape index (κ2) is 4.66. The Hall–Kier alpha value is -0.163. The van der Waals surface area contributed by atoms with Crippen molar-refractivity contribution in [1.82, 2.24) is 0 Å². The van der Waals surface area contributed by atoms with Crippen LogP contribution in [0.1, 0.15) is 13.8 Å². The molecule has 0 heterocycles. The van der Waals surface area contributed by atoms with E-state index in [-0.39, 0.29) is 0 Å². The van der Waals surface area contributed by atoms with Crippen molar-refractivity contribution in [2.75, 3.05) is 21.3 Å². The summed E-state index contributed by atoms with van der Waals surface area (Å²) in [6.07, 6.45) is 1.95. The van der Waals surface area contributed by atoms with Crippen molar-refractivity contribution in [3.8, 4) is 0 Å². The fraction of sp³-hybridized carbons (Fsp3) is 0.714. The Kier molecular flexibility index (Phi) is 4.59. The molecule has 66 valence electrons.